The largest absolute Gasteiger partial charge is 0.283 e. The third-order valence-electron chi connectivity index (χ3n) is 3.49. The Morgan fingerprint density at radius 1 is 1.10 bits per heavy atom. The monoisotopic (exact) mass is 352 g/mol. The van der Waals surface area contributed by atoms with Crippen molar-refractivity contribution >= 4 is 37.3 Å². The van der Waals surface area contributed by atoms with E-state index < -0.39 is 25.3 Å². The predicted octanol–water partition coefficient (Wildman–Crippen LogP) is 2.06. The van der Waals surface area contributed by atoms with Crippen molar-refractivity contribution in [1.82, 2.24) is 0 Å². The van der Waals surface area contributed by atoms with Crippen molar-refractivity contribution in [2.24, 2.45) is 5.14 Å². The smallest absolute Gasteiger partial charge is 0.239 e. The second-order valence-corrected chi connectivity index (χ2v) is 9.00. The minimum absolute atomic E-state index is 0.110. The molecule has 3 N–H and O–H groups in total. The first kappa shape index (κ1) is 16.5. The lowest BCUT2D eigenvalue weighted by molar-refractivity contribution is 0.486. The minimum atomic E-state index is -3.92. The van der Waals surface area contributed by atoms with Crippen LogP contribution in [0.2, 0.25) is 5.02 Å². The highest BCUT2D eigenvalue weighted by molar-refractivity contribution is 7.93. The normalized spacial score (nSPS) is 17.6. The van der Waals surface area contributed by atoms with Crippen LogP contribution in [0.5, 0.6) is 0 Å². The summed E-state index contributed by atoms with van der Waals surface area (Å²) in [6.45, 7) is 0. The Morgan fingerprint density at radius 2 is 1.71 bits per heavy atom. The van der Waals surface area contributed by atoms with Crippen LogP contribution in [0.25, 0.3) is 0 Å². The fourth-order valence-corrected chi connectivity index (χ4v) is 5.09. The lowest BCUT2D eigenvalue weighted by atomic mass is 10.0. The van der Waals surface area contributed by atoms with Gasteiger partial charge in [0, 0.05) is 0 Å². The zero-order valence-electron chi connectivity index (χ0n) is 11.2. The Balaban J connectivity index is 2.22. The molecule has 0 aliphatic heterocycles. The van der Waals surface area contributed by atoms with Gasteiger partial charge in [-0.15, -0.1) is 0 Å². The molecular formula is C12H17ClN2O4S2. The molecule has 0 bridgehead atoms. The summed E-state index contributed by atoms with van der Waals surface area (Å²) in [4.78, 5) is -0.232. The van der Waals surface area contributed by atoms with E-state index in [2.05, 4.69) is 4.72 Å². The second kappa shape index (κ2) is 6.12. The standard InChI is InChI=1S/C12H17ClN2O4S2/c13-11-8-9(6-7-12(11)20(14,16)17)15-21(18,19)10-4-2-1-3-5-10/h6-8,10,15H,1-5H2,(H2,14,16,17). The Morgan fingerprint density at radius 3 is 2.24 bits per heavy atom. The summed E-state index contributed by atoms with van der Waals surface area (Å²) in [6, 6.07) is 3.78. The number of benzene rings is 1. The number of nitrogens with one attached hydrogen (secondary N) is 1. The van der Waals surface area contributed by atoms with Crippen LogP contribution in [0.4, 0.5) is 5.69 Å². The van der Waals surface area contributed by atoms with Gasteiger partial charge in [0.1, 0.15) is 4.90 Å². The van der Waals surface area contributed by atoms with Crippen LogP contribution in [-0.2, 0) is 20.0 Å². The molecule has 6 nitrogen and oxygen atoms in total. The topological polar surface area (TPSA) is 106 Å². The molecule has 0 unspecified atom stereocenters. The molecular weight excluding hydrogens is 336 g/mol. The molecule has 0 aromatic heterocycles. The number of sulfonamides is 2. The number of halogens is 1. The van der Waals surface area contributed by atoms with Crippen molar-refractivity contribution in [3.8, 4) is 0 Å². The van der Waals surface area contributed by atoms with E-state index in [0.29, 0.717) is 12.8 Å². The summed E-state index contributed by atoms with van der Waals surface area (Å²) in [5.74, 6) is 0. The first-order valence-corrected chi connectivity index (χ1v) is 10.0. The first-order valence-electron chi connectivity index (χ1n) is 6.54. The summed E-state index contributed by atoms with van der Waals surface area (Å²) in [5, 5.41) is 4.48. The fraction of sp³-hybridized carbons (Fsp3) is 0.500. The number of nitrogens with two attached hydrogens (primary N) is 1. The molecule has 0 saturated heterocycles. The van der Waals surface area contributed by atoms with Gasteiger partial charge in [-0.2, -0.15) is 0 Å². The van der Waals surface area contributed by atoms with Gasteiger partial charge in [-0.05, 0) is 31.0 Å². The summed E-state index contributed by atoms with van der Waals surface area (Å²) in [7, 11) is -7.41. The Kier molecular flexibility index (Phi) is 4.82. The van der Waals surface area contributed by atoms with Crippen LogP contribution >= 0.6 is 11.6 Å². The Bertz CT molecular complexity index is 726. The molecule has 0 radical (unpaired) electrons. The predicted molar refractivity (Wildman–Crippen MR) is 82.2 cm³/mol. The van der Waals surface area contributed by atoms with Gasteiger partial charge in [0.25, 0.3) is 0 Å². The quantitative estimate of drug-likeness (QED) is 0.864. The van der Waals surface area contributed by atoms with Crippen molar-refractivity contribution in [2.75, 3.05) is 4.72 Å². The van der Waals surface area contributed by atoms with Crippen LogP contribution < -0.4 is 9.86 Å². The van der Waals surface area contributed by atoms with Crippen LogP contribution in [0.1, 0.15) is 32.1 Å². The van der Waals surface area contributed by atoms with Gasteiger partial charge >= 0.3 is 0 Å². The first-order chi connectivity index (χ1) is 9.70. The third kappa shape index (κ3) is 4.09. The minimum Gasteiger partial charge on any atom is -0.283 e. The summed E-state index contributed by atoms with van der Waals surface area (Å²) >= 11 is 5.83. The van der Waals surface area contributed by atoms with Crippen LogP contribution in [-0.4, -0.2) is 22.1 Å². The van der Waals surface area contributed by atoms with Gasteiger partial charge in [-0.25, -0.2) is 22.0 Å². The van der Waals surface area contributed by atoms with Gasteiger partial charge in [-0.3, -0.25) is 4.72 Å². The molecule has 1 fully saturated rings. The van der Waals surface area contributed by atoms with Crippen LogP contribution in [0, 0.1) is 0 Å². The molecule has 1 aromatic rings. The molecule has 1 saturated carbocycles. The fourth-order valence-electron chi connectivity index (χ4n) is 2.42. The van der Waals surface area contributed by atoms with E-state index in [1.807, 2.05) is 0 Å². The van der Waals surface area contributed by atoms with Gasteiger partial charge in [0.15, 0.2) is 0 Å². The summed E-state index contributed by atoms with van der Waals surface area (Å²) < 4.78 is 49.5. The molecule has 1 aliphatic rings. The van der Waals surface area contributed by atoms with Gasteiger partial charge in [0.2, 0.25) is 20.0 Å². The van der Waals surface area contributed by atoms with Crippen LogP contribution in [0.15, 0.2) is 23.1 Å². The molecule has 1 aromatic carbocycles. The molecule has 2 rings (SSSR count). The maximum absolute atomic E-state index is 12.3. The zero-order valence-corrected chi connectivity index (χ0v) is 13.6. The maximum atomic E-state index is 12.3. The molecule has 118 valence electrons. The average Bonchev–Trinajstić information content (AvgIpc) is 2.37. The van der Waals surface area contributed by atoms with Crippen molar-refractivity contribution < 1.29 is 16.8 Å². The summed E-state index contributed by atoms with van der Waals surface area (Å²) in [6.07, 6.45) is 4.13. The van der Waals surface area contributed by atoms with Crippen molar-refractivity contribution in [3.05, 3.63) is 23.2 Å². The van der Waals surface area contributed by atoms with E-state index in [4.69, 9.17) is 16.7 Å². The van der Waals surface area contributed by atoms with Crippen molar-refractivity contribution in [2.45, 2.75) is 42.2 Å². The number of anilines is 1. The molecule has 0 heterocycles. The van der Waals surface area contributed by atoms with E-state index in [9.17, 15) is 16.8 Å². The Labute approximate surface area is 129 Å². The molecule has 0 amide bonds. The van der Waals surface area contributed by atoms with Crippen LogP contribution in [0.3, 0.4) is 0 Å². The maximum Gasteiger partial charge on any atom is 0.239 e. The van der Waals surface area contributed by atoms with Gasteiger partial charge < -0.3 is 0 Å². The lowest BCUT2D eigenvalue weighted by Gasteiger charge is -2.22. The van der Waals surface area contributed by atoms with E-state index in [1.165, 1.54) is 18.2 Å². The number of hydrogen-bond donors (Lipinski definition) is 2. The molecule has 9 heteroatoms. The highest BCUT2D eigenvalue weighted by Gasteiger charge is 2.27. The van der Waals surface area contributed by atoms with E-state index in [1.54, 1.807) is 0 Å². The molecule has 1 aliphatic carbocycles. The number of rotatable bonds is 4. The van der Waals surface area contributed by atoms with E-state index in [0.717, 1.165) is 19.3 Å². The van der Waals surface area contributed by atoms with E-state index >= 15 is 0 Å². The lowest BCUT2D eigenvalue weighted by Crippen LogP contribution is -2.29. The van der Waals surface area contributed by atoms with Crippen molar-refractivity contribution in [3.63, 3.8) is 0 Å². The zero-order chi connectivity index (χ0) is 15.7. The Hall–Kier alpha value is -0.830. The van der Waals surface area contributed by atoms with Gasteiger partial charge in [0.05, 0.1) is 16.0 Å². The highest BCUT2D eigenvalue weighted by atomic mass is 35.5. The third-order valence-corrected chi connectivity index (χ3v) is 6.75. The van der Waals surface area contributed by atoms with Gasteiger partial charge in [-0.1, -0.05) is 30.9 Å². The molecule has 0 atom stereocenters. The molecule has 21 heavy (non-hydrogen) atoms. The van der Waals surface area contributed by atoms with Crippen molar-refractivity contribution in [1.29, 1.82) is 0 Å². The average molecular weight is 353 g/mol. The number of primary sulfonamides is 1. The molecule has 0 spiro atoms. The highest BCUT2D eigenvalue weighted by Crippen LogP contribution is 2.28. The second-order valence-electron chi connectivity index (χ2n) is 5.10. The van der Waals surface area contributed by atoms with E-state index in [-0.39, 0.29) is 15.6 Å². The SMILES string of the molecule is NS(=O)(=O)c1ccc(NS(=O)(=O)C2CCCCC2)cc1Cl. The number of hydrogen-bond acceptors (Lipinski definition) is 4. The summed E-state index contributed by atoms with van der Waals surface area (Å²) in [5.41, 5.74) is 0.234.